The average Bonchev–Trinajstić information content (AvgIpc) is 3.08. The Morgan fingerprint density at radius 2 is 1.79 bits per heavy atom. The summed E-state index contributed by atoms with van der Waals surface area (Å²) < 4.78 is 12.2. The molecule has 142 valence electrons. The number of carboxylic acids is 1. The standard InChI is InChI=1S/C21H18N2O5/c1-23-19-15(14-8-11(21(25)26)4-7-17(14)22-19)10-16(20(23)24)13-6-5-12(27-2)9-18(13)28-3/h4-10,22H,1-3H3,(H,25,26). The molecule has 4 aromatic rings. The second kappa shape index (κ2) is 6.45. The molecule has 28 heavy (non-hydrogen) atoms. The van der Waals surface area contributed by atoms with Gasteiger partial charge in [-0.05, 0) is 36.4 Å². The van der Waals surface area contributed by atoms with Gasteiger partial charge in [0.15, 0.2) is 0 Å². The first-order valence-corrected chi connectivity index (χ1v) is 8.55. The number of carbonyl (C=O) groups is 1. The van der Waals surface area contributed by atoms with Crippen molar-refractivity contribution in [3.63, 3.8) is 0 Å². The van der Waals surface area contributed by atoms with E-state index in [-0.39, 0.29) is 11.1 Å². The van der Waals surface area contributed by atoms with Crippen LogP contribution in [-0.2, 0) is 7.05 Å². The van der Waals surface area contributed by atoms with E-state index in [9.17, 15) is 14.7 Å². The Hall–Kier alpha value is -3.74. The maximum absolute atomic E-state index is 13.0. The summed E-state index contributed by atoms with van der Waals surface area (Å²) in [6, 6.07) is 11.9. The van der Waals surface area contributed by atoms with Gasteiger partial charge in [-0.25, -0.2) is 4.79 Å². The monoisotopic (exact) mass is 378 g/mol. The van der Waals surface area contributed by atoms with Crippen LogP contribution in [0.2, 0.25) is 0 Å². The number of pyridine rings is 1. The van der Waals surface area contributed by atoms with Gasteiger partial charge in [-0.2, -0.15) is 0 Å². The van der Waals surface area contributed by atoms with Crippen molar-refractivity contribution < 1.29 is 19.4 Å². The van der Waals surface area contributed by atoms with E-state index in [4.69, 9.17) is 9.47 Å². The normalized spacial score (nSPS) is 11.1. The van der Waals surface area contributed by atoms with E-state index in [0.29, 0.717) is 28.3 Å². The maximum atomic E-state index is 13.0. The molecule has 2 N–H and O–H groups in total. The Kier molecular flexibility index (Phi) is 4.07. The van der Waals surface area contributed by atoms with Gasteiger partial charge in [-0.1, -0.05) is 0 Å². The Labute approximate surface area is 159 Å². The van der Waals surface area contributed by atoms with Crippen molar-refractivity contribution in [1.82, 2.24) is 9.55 Å². The summed E-state index contributed by atoms with van der Waals surface area (Å²) in [4.78, 5) is 27.6. The molecule has 0 aliphatic heterocycles. The minimum Gasteiger partial charge on any atom is -0.497 e. The van der Waals surface area contributed by atoms with Crippen molar-refractivity contribution in [2.75, 3.05) is 14.2 Å². The van der Waals surface area contributed by atoms with E-state index < -0.39 is 5.97 Å². The fourth-order valence-corrected chi connectivity index (χ4v) is 3.44. The largest absolute Gasteiger partial charge is 0.497 e. The van der Waals surface area contributed by atoms with E-state index in [2.05, 4.69) is 4.98 Å². The van der Waals surface area contributed by atoms with Crippen LogP contribution in [0.1, 0.15) is 10.4 Å². The van der Waals surface area contributed by atoms with E-state index in [1.54, 1.807) is 50.6 Å². The number of fused-ring (bicyclic) bond motifs is 3. The zero-order valence-electron chi connectivity index (χ0n) is 15.6. The number of aromatic amines is 1. The number of H-pyrrole nitrogens is 1. The summed E-state index contributed by atoms with van der Waals surface area (Å²) >= 11 is 0. The Morgan fingerprint density at radius 1 is 1.00 bits per heavy atom. The van der Waals surface area contributed by atoms with Crippen molar-refractivity contribution in [2.45, 2.75) is 0 Å². The molecule has 0 unspecified atom stereocenters. The van der Waals surface area contributed by atoms with Crippen LogP contribution >= 0.6 is 0 Å². The van der Waals surface area contributed by atoms with Crippen molar-refractivity contribution in [3.05, 3.63) is 58.4 Å². The number of nitrogens with one attached hydrogen (secondary N) is 1. The van der Waals surface area contributed by atoms with Gasteiger partial charge in [0.1, 0.15) is 17.1 Å². The molecule has 0 amide bonds. The fraction of sp³-hybridized carbons (Fsp3) is 0.143. The lowest BCUT2D eigenvalue weighted by Crippen LogP contribution is -2.19. The third-order valence-corrected chi connectivity index (χ3v) is 4.92. The van der Waals surface area contributed by atoms with E-state index in [1.807, 2.05) is 0 Å². The number of aromatic carboxylic acids is 1. The highest BCUT2D eigenvalue weighted by molar-refractivity contribution is 6.09. The summed E-state index contributed by atoms with van der Waals surface area (Å²) in [7, 11) is 4.77. The zero-order chi connectivity index (χ0) is 20.0. The SMILES string of the molecule is COc1ccc(-c2cc3c4cc(C(=O)O)ccc4[nH]c3n(C)c2=O)c(OC)c1. The second-order valence-electron chi connectivity index (χ2n) is 6.44. The minimum atomic E-state index is -1.00. The van der Waals surface area contributed by atoms with Gasteiger partial charge in [0, 0.05) is 35.0 Å². The van der Waals surface area contributed by atoms with Gasteiger partial charge < -0.3 is 19.6 Å². The number of ether oxygens (including phenoxy) is 2. The molecule has 7 heteroatoms. The highest BCUT2D eigenvalue weighted by Gasteiger charge is 2.17. The topological polar surface area (TPSA) is 93.5 Å². The lowest BCUT2D eigenvalue weighted by molar-refractivity contribution is 0.0697. The van der Waals surface area contributed by atoms with E-state index in [0.717, 1.165) is 16.3 Å². The third-order valence-electron chi connectivity index (χ3n) is 4.92. The average molecular weight is 378 g/mol. The van der Waals surface area contributed by atoms with Crippen LogP contribution < -0.4 is 15.0 Å². The number of nitrogens with zero attached hydrogens (tertiary/aromatic N) is 1. The number of methoxy groups -OCH3 is 2. The number of carboxylic acid groups (broad SMARTS) is 1. The van der Waals surface area contributed by atoms with Gasteiger partial charge in [0.2, 0.25) is 0 Å². The fourth-order valence-electron chi connectivity index (χ4n) is 3.44. The van der Waals surface area contributed by atoms with Crippen LogP contribution in [0.4, 0.5) is 0 Å². The van der Waals surface area contributed by atoms with Crippen LogP contribution in [0, 0.1) is 0 Å². The highest BCUT2D eigenvalue weighted by Crippen LogP contribution is 2.34. The summed E-state index contributed by atoms with van der Waals surface area (Å²) in [5.74, 6) is 0.136. The van der Waals surface area contributed by atoms with Gasteiger partial charge >= 0.3 is 5.97 Å². The molecule has 0 aliphatic carbocycles. The Bertz CT molecular complexity index is 1300. The number of hydrogen-bond acceptors (Lipinski definition) is 4. The highest BCUT2D eigenvalue weighted by atomic mass is 16.5. The molecular weight excluding hydrogens is 360 g/mol. The van der Waals surface area contributed by atoms with E-state index >= 15 is 0 Å². The summed E-state index contributed by atoms with van der Waals surface area (Å²) in [6.45, 7) is 0. The minimum absolute atomic E-state index is 0.186. The smallest absolute Gasteiger partial charge is 0.335 e. The number of benzene rings is 2. The number of rotatable bonds is 4. The Morgan fingerprint density at radius 3 is 2.46 bits per heavy atom. The molecule has 0 spiro atoms. The molecule has 2 aromatic carbocycles. The maximum Gasteiger partial charge on any atom is 0.335 e. The van der Waals surface area contributed by atoms with Crippen molar-refractivity contribution in [1.29, 1.82) is 0 Å². The van der Waals surface area contributed by atoms with Gasteiger partial charge in [-0.3, -0.25) is 9.36 Å². The predicted octanol–water partition coefficient (Wildman–Crippen LogP) is 3.40. The molecule has 4 rings (SSSR count). The van der Waals surface area contributed by atoms with Crippen LogP contribution in [0.5, 0.6) is 11.5 Å². The number of aromatic nitrogens is 2. The van der Waals surface area contributed by atoms with Crippen LogP contribution in [-0.4, -0.2) is 34.8 Å². The van der Waals surface area contributed by atoms with Crippen molar-refractivity contribution in [2.24, 2.45) is 7.05 Å². The first kappa shape index (κ1) is 17.7. The number of aryl methyl sites for hydroxylation is 1. The molecule has 7 nitrogen and oxygen atoms in total. The molecule has 0 aliphatic rings. The van der Waals surface area contributed by atoms with Crippen molar-refractivity contribution in [3.8, 4) is 22.6 Å². The first-order chi connectivity index (χ1) is 13.4. The van der Waals surface area contributed by atoms with Crippen molar-refractivity contribution >= 4 is 27.9 Å². The van der Waals surface area contributed by atoms with Crippen LogP contribution in [0.3, 0.4) is 0 Å². The van der Waals surface area contributed by atoms with Gasteiger partial charge in [-0.15, -0.1) is 0 Å². The molecule has 2 heterocycles. The molecule has 0 fully saturated rings. The molecule has 2 aromatic heterocycles. The first-order valence-electron chi connectivity index (χ1n) is 8.55. The molecule has 0 saturated carbocycles. The third kappa shape index (κ3) is 2.60. The molecule has 0 radical (unpaired) electrons. The Balaban J connectivity index is 2.06. The second-order valence-corrected chi connectivity index (χ2v) is 6.44. The summed E-state index contributed by atoms with van der Waals surface area (Å²) in [5, 5.41) is 10.8. The lowest BCUT2D eigenvalue weighted by Gasteiger charge is -2.12. The quantitative estimate of drug-likeness (QED) is 0.568. The molecule has 0 atom stereocenters. The summed E-state index contributed by atoms with van der Waals surface area (Å²) in [6.07, 6.45) is 0. The lowest BCUT2D eigenvalue weighted by atomic mass is 10.0. The molecule has 0 bridgehead atoms. The number of hydrogen-bond donors (Lipinski definition) is 2. The molecule has 0 saturated heterocycles. The van der Waals surface area contributed by atoms with Crippen LogP contribution in [0.15, 0.2) is 47.3 Å². The van der Waals surface area contributed by atoms with Gasteiger partial charge in [0.25, 0.3) is 5.56 Å². The zero-order valence-corrected chi connectivity index (χ0v) is 15.6. The van der Waals surface area contributed by atoms with Gasteiger partial charge in [0.05, 0.1) is 25.3 Å². The van der Waals surface area contributed by atoms with E-state index in [1.165, 1.54) is 17.7 Å². The summed E-state index contributed by atoms with van der Waals surface area (Å²) in [5.41, 5.74) is 2.46. The van der Waals surface area contributed by atoms with Crippen LogP contribution in [0.25, 0.3) is 33.1 Å². The predicted molar refractivity (Wildman–Crippen MR) is 107 cm³/mol. The molecular formula is C21H18N2O5.